The molecule has 10 N–H and O–H groups in total. The van der Waals surface area contributed by atoms with E-state index in [4.69, 9.17) is 53.7 Å². The molecule has 5 aromatic rings. The molecule has 494 valence electrons. The molecule has 26 nitrogen and oxygen atoms in total. The number of carbonyl (C=O) groups excluding carboxylic acids is 10. The zero-order chi connectivity index (χ0) is 68.0. The number of hydrogen-bond acceptors (Lipinski definition) is 17. The van der Waals surface area contributed by atoms with Crippen LogP contribution in [-0.2, 0) is 63.7 Å². The number of nitrogens with one attached hydrogen (secondary N) is 4. The molecule has 3 heterocycles. The number of aldehydes is 1. The van der Waals surface area contributed by atoms with Gasteiger partial charge >= 0.3 is 11.9 Å². The van der Waals surface area contributed by atoms with Crippen molar-refractivity contribution in [3.8, 4) is 0 Å². The maximum Gasteiger partial charge on any atom is 0.310 e. The number of esters is 1. The molecule has 3 aliphatic rings. The van der Waals surface area contributed by atoms with Gasteiger partial charge in [0.1, 0.15) is 50.7 Å². The molecule has 1 fully saturated rings. The molecule has 0 aliphatic carbocycles. The summed E-state index contributed by atoms with van der Waals surface area (Å²) in [6.07, 6.45) is -1.59. The van der Waals surface area contributed by atoms with Crippen LogP contribution in [0.4, 0.5) is 34.1 Å². The summed E-state index contributed by atoms with van der Waals surface area (Å²) in [5, 5.41) is 29.1. The van der Waals surface area contributed by atoms with Crippen LogP contribution in [0.25, 0.3) is 0 Å². The zero-order valence-corrected chi connectivity index (χ0v) is 54.4. The minimum absolute atomic E-state index is 0.0746. The van der Waals surface area contributed by atoms with E-state index in [9.17, 15) is 57.8 Å². The van der Waals surface area contributed by atoms with Gasteiger partial charge in [-0.1, -0.05) is 119 Å². The van der Waals surface area contributed by atoms with Gasteiger partial charge in [-0.05, 0) is 82.9 Å². The van der Waals surface area contributed by atoms with Crippen LogP contribution >= 0.6 is 23.2 Å². The maximum absolute atomic E-state index is 14.5. The molecule has 0 spiro atoms. The van der Waals surface area contributed by atoms with Crippen molar-refractivity contribution in [3.05, 3.63) is 142 Å². The quantitative estimate of drug-likeness (QED) is 0.0182. The lowest BCUT2D eigenvalue weighted by molar-refractivity contribution is -0.168. The van der Waals surface area contributed by atoms with Gasteiger partial charge in [-0.2, -0.15) is 0 Å². The van der Waals surface area contributed by atoms with Gasteiger partial charge in [0.2, 0.25) is 26.4 Å². The number of aliphatic carboxylic acids is 1. The molecule has 0 bridgehead atoms. The Labute approximate surface area is 547 Å². The van der Waals surface area contributed by atoms with Crippen LogP contribution in [0.2, 0.25) is 26.7 Å². The van der Waals surface area contributed by atoms with Gasteiger partial charge in [0.25, 0.3) is 35.4 Å². The topological polar surface area (TPSA) is 369 Å². The Balaban J connectivity index is 0.000000282. The minimum Gasteiger partial charge on any atom is -0.481 e. The van der Waals surface area contributed by atoms with Crippen LogP contribution < -0.4 is 52.3 Å². The average molecular weight is 1340 g/mol. The Hall–Kier alpha value is -9.25. The number of nitrogen functional groups attached to an aromatic ring is 2. The number of benzene rings is 5. The Kier molecular flexibility index (Phi) is 24.4. The first-order valence-corrected chi connectivity index (χ1v) is 32.6. The highest BCUT2D eigenvalue weighted by Gasteiger charge is 2.47. The number of nitrogens with two attached hydrogens (primary N) is 2. The van der Waals surface area contributed by atoms with Crippen molar-refractivity contribution in [2.45, 2.75) is 108 Å². The Bertz CT molecular complexity index is 3620. The van der Waals surface area contributed by atoms with Crippen LogP contribution in [0.1, 0.15) is 80.7 Å². The van der Waals surface area contributed by atoms with Crippen molar-refractivity contribution < 1.29 is 76.9 Å². The molecule has 29 heteroatoms. The third-order valence-corrected chi connectivity index (χ3v) is 22.6. The van der Waals surface area contributed by atoms with Gasteiger partial charge in [-0.25, -0.2) is 0 Å². The standard InChI is InChI=1S/C40H50ClN5O8Si.C24H24ClN5O8/c1-24(2)55(25(3)4,26(5)6)53-23-36(48)45-20-32(44-38(50)28-16-17-30(42)29(41)18-28)39(51)46(34-15-11-10-14-33(34)45)21-35(47)43-31-19-37(49)54-40(31)52-22-27-12-8-7-9-13-27;25-15-7-13(5-6-16(15)26)23(37)28-17-9-29(21(34)12-32)18-3-1-2-4-19(18)30(24(17)38)10-20(33)27-14(11-31)8-22(35)36/h7-18,24-26,31-32,40H,19-23,42H2,1-6H3,(H,43,47)(H,44,50);1-7,11,14,17,32H,8-10,12,26H2,(H,27,33)(H,28,37)(H,35,36)/t31-,32-,40+;14-,17-/m00/s1. The summed E-state index contributed by atoms with van der Waals surface area (Å²) in [6, 6.07) is 25.7. The fourth-order valence-corrected chi connectivity index (χ4v) is 17.3. The van der Waals surface area contributed by atoms with E-state index in [1.54, 1.807) is 36.4 Å². The van der Waals surface area contributed by atoms with E-state index in [-0.39, 0.29) is 105 Å². The first kappa shape index (κ1) is 71.2. The van der Waals surface area contributed by atoms with Crippen molar-refractivity contribution in [1.29, 1.82) is 0 Å². The number of ether oxygens (including phenoxy) is 2. The first-order valence-electron chi connectivity index (χ1n) is 29.7. The summed E-state index contributed by atoms with van der Waals surface area (Å²) >= 11 is 12.2. The summed E-state index contributed by atoms with van der Waals surface area (Å²) in [6.45, 7) is 9.97. The minimum atomic E-state index is -2.47. The predicted octanol–water partition coefficient (Wildman–Crippen LogP) is 5.12. The molecule has 8 rings (SSSR count). The van der Waals surface area contributed by atoms with E-state index >= 15 is 0 Å². The molecule has 5 atom stereocenters. The number of amides is 8. The van der Waals surface area contributed by atoms with Crippen molar-refractivity contribution in [1.82, 2.24) is 21.3 Å². The highest BCUT2D eigenvalue weighted by atomic mass is 35.5. The normalized spacial score (nSPS) is 17.4. The molecule has 5 aromatic carbocycles. The maximum atomic E-state index is 14.5. The number of rotatable bonds is 23. The number of aliphatic hydroxyl groups is 1. The molecular weight excluding hydrogens is 1260 g/mol. The number of carboxylic acids is 1. The van der Waals surface area contributed by atoms with Crippen molar-refractivity contribution in [3.63, 3.8) is 0 Å². The van der Waals surface area contributed by atoms with Crippen LogP contribution in [0, 0.1) is 0 Å². The lowest BCUT2D eigenvalue weighted by atomic mass is 10.1. The van der Waals surface area contributed by atoms with E-state index < -0.39 is 124 Å². The molecule has 0 saturated carbocycles. The number of nitrogens with zero attached hydrogens (tertiary/aromatic N) is 4. The Morgan fingerprint density at radius 3 is 1.57 bits per heavy atom. The fourth-order valence-electron chi connectivity index (χ4n) is 11.5. The van der Waals surface area contributed by atoms with Crippen molar-refractivity contribution in [2.24, 2.45) is 0 Å². The third-order valence-electron chi connectivity index (χ3n) is 15.9. The third kappa shape index (κ3) is 17.5. The van der Waals surface area contributed by atoms with E-state index in [1.165, 1.54) is 58.3 Å². The molecular formula is C64H74Cl2N10O16Si. The Morgan fingerprint density at radius 2 is 1.12 bits per heavy atom. The number of carboxylic acid groups (broad SMARTS) is 1. The molecule has 1 saturated heterocycles. The molecule has 0 radical (unpaired) electrons. The van der Waals surface area contributed by atoms with Crippen molar-refractivity contribution in [2.75, 3.05) is 70.5 Å². The molecule has 0 unspecified atom stereocenters. The lowest BCUT2D eigenvalue weighted by Crippen LogP contribution is -2.55. The number of aliphatic hydroxyl groups excluding tert-OH is 1. The summed E-state index contributed by atoms with van der Waals surface area (Å²) in [4.78, 5) is 147. The number of hydrogen-bond donors (Lipinski definition) is 8. The van der Waals surface area contributed by atoms with Crippen LogP contribution in [-0.4, -0.2) is 154 Å². The number of para-hydroxylation sites is 4. The smallest absolute Gasteiger partial charge is 0.310 e. The summed E-state index contributed by atoms with van der Waals surface area (Å²) in [5.41, 5.74) is 14.7. The fraction of sp³-hybridized carbons (Fsp3) is 0.359. The highest BCUT2D eigenvalue weighted by Crippen LogP contribution is 2.43. The molecule has 0 aromatic heterocycles. The predicted molar refractivity (Wildman–Crippen MR) is 349 cm³/mol. The Morgan fingerprint density at radius 1 is 0.656 bits per heavy atom. The van der Waals surface area contributed by atoms with Crippen LogP contribution in [0.15, 0.2) is 115 Å². The molecule has 3 aliphatic heterocycles. The SMILES string of the molecule is CC(C)[Si](OCC(=O)N1C[C@H](NC(=O)c2ccc(N)c(Cl)c2)C(=O)N(CC(=O)N[C@H]2CC(=O)O[C@H]2OCc2ccccc2)c2ccccc21)(C(C)C)C(C)C.Nc1ccc(C(=O)N[C@H]2CN(C(=O)CO)c3ccccc3N(CC(=O)N[C@H](C=O)CC(=O)O)C2=O)cc1Cl. The van der Waals surface area contributed by atoms with Gasteiger partial charge in [0.05, 0.1) is 82.7 Å². The van der Waals surface area contributed by atoms with Crippen molar-refractivity contribution >= 4 is 131 Å². The summed E-state index contributed by atoms with van der Waals surface area (Å²) < 4.78 is 17.9. The number of cyclic esters (lactones) is 1. The second-order valence-electron chi connectivity index (χ2n) is 23.1. The van der Waals surface area contributed by atoms with E-state index in [2.05, 4.69) is 62.8 Å². The number of halogens is 2. The van der Waals surface area contributed by atoms with Gasteiger partial charge in [-0.3, -0.25) is 57.7 Å². The number of fused-ring (bicyclic) bond motifs is 2. The lowest BCUT2D eigenvalue weighted by Gasteiger charge is -2.42. The largest absolute Gasteiger partial charge is 0.481 e. The van der Waals surface area contributed by atoms with Gasteiger partial charge in [0, 0.05) is 11.1 Å². The van der Waals surface area contributed by atoms with Crippen LogP contribution in [0.5, 0.6) is 0 Å². The molecule has 8 amide bonds. The summed E-state index contributed by atoms with van der Waals surface area (Å²) in [5.74, 6) is -7.28. The van der Waals surface area contributed by atoms with Gasteiger partial charge < -0.3 is 71.4 Å². The van der Waals surface area contributed by atoms with Crippen LogP contribution in [0.3, 0.4) is 0 Å². The molecule has 93 heavy (non-hydrogen) atoms. The average Bonchev–Trinajstić information content (AvgIpc) is 1.69. The monoisotopic (exact) mass is 1340 g/mol. The van der Waals surface area contributed by atoms with E-state index in [0.29, 0.717) is 5.69 Å². The number of anilines is 6. The second kappa shape index (κ2) is 31.9. The van der Waals surface area contributed by atoms with Gasteiger partial charge in [-0.15, -0.1) is 0 Å². The number of carbonyl (C=O) groups is 11. The van der Waals surface area contributed by atoms with E-state index in [0.717, 1.165) is 15.4 Å². The van der Waals surface area contributed by atoms with Gasteiger partial charge in [0.15, 0.2) is 0 Å². The second-order valence-corrected chi connectivity index (χ2v) is 29.3. The highest BCUT2D eigenvalue weighted by molar-refractivity contribution is 6.77. The summed E-state index contributed by atoms with van der Waals surface area (Å²) in [7, 11) is -2.47. The zero-order valence-electron chi connectivity index (χ0n) is 51.8. The first-order chi connectivity index (χ1) is 44.2. The van der Waals surface area contributed by atoms with E-state index in [1.807, 2.05) is 30.3 Å².